The molecule has 110 valence electrons. The van der Waals surface area contributed by atoms with Crippen molar-refractivity contribution in [2.45, 2.75) is 18.9 Å². The lowest BCUT2D eigenvalue weighted by Gasteiger charge is -2.37. The Morgan fingerprint density at radius 3 is 2.36 bits per heavy atom. The summed E-state index contributed by atoms with van der Waals surface area (Å²) in [6, 6.07) is 19.5. The number of para-hydroxylation sites is 1. The minimum absolute atomic E-state index is 0.296. The zero-order valence-electron chi connectivity index (χ0n) is 12.8. The monoisotopic (exact) mass is 287 g/mol. The number of hydrogen-bond donors (Lipinski definition) is 0. The van der Waals surface area contributed by atoms with Crippen LogP contribution in [0.3, 0.4) is 0 Å². The van der Waals surface area contributed by atoms with Crippen molar-refractivity contribution in [1.82, 2.24) is 0 Å². The second kappa shape index (κ2) is 6.48. The predicted molar refractivity (Wildman–Crippen MR) is 95.7 cm³/mol. The third-order valence-electron chi connectivity index (χ3n) is 4.10. The fourth-order valence-corrected chi connectivity index (χ4v) is 3.13. The zero-order valence-corrected chi connectivity index (χ0v) is 12.8. The molecule has 2 aromatic carbocycles. The molecular weight excluding hydrogens is 266 g/mol. The number of rotatable bonds is 5. The molecule has 0 spiro atoms. The maximum Gasteiger partial charge on any atom is 0.0626 e. The van der Waals surface area contributed by atoms with Crippen molar-refractivity contribution >= 4 is 11.3 Å². The predicted octanol–water partition coefficient (Wildman–Crippen LogP) is 5.74. The number of fused-ring (bicyclic) bond motifs is 1. The van der Waals surface area contributed by atoms with Crippen molar-refractivity contribution in [2.24, 2.45) is 0 Å². The Bertz CT molecular complexity index is 697. The van der Waals surface area contributed by atoms with Crippen molar-refractivity contribution in [3.63, 3.8) is 0 Å². The molecule has 0 fully saturated rings. The molecule has 1 atom stereocenters. The van der Waals surface area contributed by atoms with Gasteiger partial charge in [0.05, 0.1) is 6.04 Å². The molecule has 0 N–H and O–H groups in total. The van der Waals surface area contributed by atoms with Crippen LogP contribution < -0.4 is 4.90 Å². The Kier molecular flexibility index (Phi) is 4.24. The van der Waals surface area contributed by atoms with Crippen LogP contribution in [0.4, 0.5) is 5.69 Å². The Labute approximate surface area is 132 Å². The number of anilines is 1. The topological polar surface area (TPSA) is 3.24 Å². The van der Waals surface area contributed by atoms with Gasteiger partial charge in [-0.2, -0.15) is 0 Å². The summed E-state index contributed by atoms with van der Waals surface area (Å²) in [5, 5.41) is 0. The molecule has 0 bridgehead atoms. The summed E-state index contributed by atoms with van der Waals surface area (Å²) in [5.41, 5.74) is 5.23. The van der Waals surface area contributed by atoms with Crippen molar-refractivity contribution < 1.29 is 0 Å². The van der Waals surface area contributed by atoms with E-state index in [0.29, 0.717) is 6.04 Å². The highest BCUT2D eigenvalue weighted by Crippen LogP contribution is 2.40. The molecule has 1 nitrogen and oxygen atoms in total. The Balaban J connectivity index is 2.14. The fraction of sp³-hybridized carbons (Fsp3) is 0.143. The fourth-order valence-electron chi connectivity index (χ4n) is 3.13. The van der Waals surface area contributed by atoms with Gasteiger partial charge in [0.15, 0.2) is 0 Å². The third-order valence-corrected chi connectivity index (χ3v) is 4.10. The van der Waals surface area contributed by atoms with E-state index in [4.69, 9.17) is 0 Å². The van der Waals surface area contributed by atoms with E-state index in [1.165, 1.54) is 22.4 Å². The minimum Gasteiger partial charge on any atom is -0.340 e. The summed E-state index contributed by atoms with van der Waals surface area (Å²) in [7, 11) is 0. The number of benzene rings is 2. The highest BCUT2D eigenvalue weighted by molar-refractivity contribution is 5.76. The van der Waals surface area contributed by atoms with Gasteiger partial charge in [-0.25, -0.2) is 0 Å². The van der Waals surface area contributed by atoms with Gasteiger partial charge in [-0.15, -0.1) is 13.2 Å². The molecule has 0 radical (unpaired) electrons. The molecule has 0 aliphatic carbocycles. The summed E-state index contributed by atoms with van der Waals surface area (Å²) in [5.74, 6) is 0. The van der Waals surface area contributed by atoms with Crippen molar-refractivity contribution in [1.29, 1.82) is 0 Å². The Morgan fingerprint density at radius 1 is 0.909 bits per heavy atom. The molecule has 1 heteroatoms. The maximum absolute atomic E-state index is 3.95. The number of allylic oxidation sites excluding steroid dienone is 2. The maximum atomic E-state index is 3.95. The average molecular weight is 287 g/mol. The number of nitrogens with zero attached hydrogens (tertiary/aromatic N) is 1. The van der Waals surface area contributed by atoms with E-state index in [1.807, 2.05) is 12.2 Å². The van der Waals surface area contributed by atoms with Gasteiger partial charge in [-0.3, -0.25) is 0 Å². The van der Waals surface area contributed by atoms with E-state index < -0.39 is 0 Å². The molecule has 2 aromatic rings. The molecular formula is C21H21N. The van der Waals surface area contributed by atoms with Gasteiger partial charge in [0.2, 0.25) is 0 Å². The normalized spacial score (nSPS) is 16.6. The van der Waals surface area contributed by atoms with Crippen LogP contribution >= 0.6 is 0 Å². The first-order valence-corrected chi connectivity index (χ1v) is 7.70. The number of hydrogen-bond acceptors (Lipinski definition) is 1. The van der Waals surface area contributed by atoms with E-state index >= 15 is 0 Å². The first kappa shape index (κ1) is 14.4. The van der Waals surface area contributed by atoms with Gasteiger partial charge in [-0.1, -0.05) is 54.6 Å². The first-order chi connectivity index (χ1) is 10.8. The Hall–Kier alpha value is -2.54. The zero-order chi connectivity index (χ0) is 15.4. The van der Waals surface area contributed by atoms with Crippen molar-refractivity contribution in [2.75, 3.05) is 4.90 Å². The highest BCUT2D eigenvalue weighted by Gasteiger charge is 2.26. The highest BCUT2D eigenvalue weighted by atomic mass is 15.2. The molecule has 0 amide bonds. The molecule has 0 aromatic heterocycles. The van der Waals surface area contributed by atoms with Crippen molar-refractivity contribution in [3.8, 4) is 0 Å². The van der Waals surface area contributed by atoms with Gasteiger partial charge in [0.25, 0.3) is 0 Å². The van der Waals surface area contributed by atoms with Crippen molar-refractivity contribution in [3.05, 3.63) is 97.2 Å². The molecule has 22 heavy (non-hydrogen) atoms. The lowest BCUT2D eigenvalue weighted by atomic mass is 9.88. The Morgan fingerprint density at radius 2 is 1.64 bits per heavy atom. The van der Waals surface area contributed by atoms with Crippen LogP contribution in [0, 0.1) is 0 Å². The van der Waals surface area contributed by atoms with E-state index in [9.17, 15) is 0 Å². The van der Waals surface area contributed by atoms with Crippen LogP contribution in [0.2, 0.25) is 0 Å². The largest absolute Gasteiger partial charge is 0.340 e. The van der Waals surface area contributed by atoms with E-state index in [0.717, 1.165) is 12.8 Å². The van der Waals surface area contributed by atoms with Crippen LogP contribution in [0.1, 0.15) is 30.0 Å². The van der Waals surface area contributed by atoms with Gasteiger partial charge < -0.3 is 4.90 Å². The van der Waals surface area contributed by atoms with E-state index in [2.05, 4.69) is 78.9 Å². The molecule has 0 saturated heterocycles. The van der Waals surface area contributed by atoms with Crippen LogP contribution in [0.15, 0.2) is 86.1 Å². The van der Waals surface area contributed by atoms with Crippen LogP contribution in [-0.2, 0) is 0 Å². The second-order valence-electron chi connectivity index (χ2n) is 5.52. The minimum atomic E-state index is 0.296. The van der Waals surface area contributed by atoms with Gasteiger partial charge >= 0.3 is 0 Å². The summed E-state index contributed by atoms with van der Waals surface area (Å²) >= 11 is 0. The summed E-state index contributed by atoms with van der Waals surface area (Å²) in [6.45, 7) is 7.85. The molecule has 1 aliphatic rings. The van der Waals surface area contributed by atoms with E-state index in [-0.39, 0.29) is 0 Å². The molecule has 1 aliphatic heterocycles. The molecule has 0 saturated carbocycles. The SMILES string of the molecule is C=CCC1=CN(c2ccccc2)C(CC=C)c2ccccc21. The van der Waals surface area contributed by atoms with Crippen LogP contribution in [-0.4, -0.2) is 0 Å². The quantitative estimate of drug-likeness (QED) is 0.634. The summed E-state index contributed by atoms with van der Waals surface area (Å²) < 4.78 is 0. The molecule has 1 heterocycles. The van der Waals surface area contributed by atoms with Crippen LogP contribution in [0.25, 0.3) is 5.57 Å². The summed E-state index contributed by atoms with van der Waals surface area (Å²) in [4.78, 5) is 2.36. The molecule has 3 rings (SSSR count). The van der Waals surface area contributed by atoms with Crippen LogP contribution in [0.5, 0.6) is 0 Å². The standard InChI is InChI=1S/C21H21N/c1-3-10-17-16-22(18-12-6-5-7-13-18)21(11-4-2)20-15-9-8-14-19(17)20/h3-9,12-16,21H,1-2,10-11H2. The first-order valence-electron chi connectivity index (χ1n) is 7.70. The van der Waals surface area contributed by atoms with Gasteiger partial charge in [0.1, 0.15) is 0 Å². The lowest BCUT2D eigenvalue weighted by Crippen LogP contribution is -2.27. The van der Waals surface area contributed by atoms with Gasteiger partial charge in [0, 0.05) is 11.9 Å². The summed E-state index contributed by atoms with van der Waals surface area (Å²) in [6.07, 6.45) is 8.04. The second-order valence-corrected chi connectivity index (χ2v) is 5.52. The van der Waals surface area contributed by atoms with E-state index in [1.54, 1.807) is 0 Å². The van der Waals surface area contributed by atoms with Gasteiger partial charge in [-0.05, 0) is 41.7 Å². The molecule has 1 unspecified atom stereocenters. The third kappa shape index (κ3) is 2.62. The lowest BCUT2D eigenvalue weighted by molar-refractivity contribution is 0.693. The average Bonchev–Trinajstić information content (AvgIpc) is 2.58. The smallest absolute Gasteiger partial charge is 0.0626 e.